The number of piperazine rings is 1. The molecule has 38 heavy (non-hydrogen) atoms. The fourth-order valence-electron chi connectivity index (χ4n) is 5.79. The van der Waals surface area contributed by atoms with Crippen molar-refractivity contribution in [2.24, 2.45) is 5.92 Å². The van der Waals surface area contributed by atoms with E-state index in [0.29, 0.717) is 11.6 Å². The molecular formula is C30H37Cl2FN4O. The number of amides is 2. The van der Waals surface area contributed by atoms with Gasteiger partial charge in [0.05, 0.1) is 0 Å². The van der Waals surface area contributed by atoms with Gasteiger partial charge in [-0.25, -0.2) is 9.18 Å². The zero-order valence-corrected chi connectivity index (χ0v) is 23.4. The third-order valence-electron chi connectivity index (χ3n) is 7.77. The molecule has 5 nitrogen and oxygen atoms in total. The predicted molar refractivity (Wildman–Crippen MR) is 159 cm³/mol. The lowest BCUT2D eigenvalue weighted by molar-refractivity contribution is 0.0366. The molecule has 204 valence electrons. The molecular weight excluding hydrogens is 522 g/mol. The van der Waals surface area contributed by atoms with E-state index in [1.165, 1.54) is 17.8 Å². The molecule has 1 N–H and O–H groups in total. The molecule has 0 atom stereocenters. The van der Waals surface area contributed by atoms with Crippen molar-refractivity contribution in [1.82, 2.24) is 4.90 Å². The Balaban J connectivity index is 0.00000200. The summed E-state index contributed by atoms with van der Waals surface area (Å²) in [6.07, 6.45) is 3.95. The molecule has 0 radical (unpaired) electrons. The highest BCUT2D eigenvalue weighted by atomic mass is 35.5. The van der Waals surface area contributed by atoms with E-state index >= 15 is 0 Å². The summed E-state index contributed by atoms with van der Waals surface area (Å²) in [5, 5.41) is 3.00. The van der Waals surface area contributed by atoms with E-state index in [1.54, 1.807) is 12.1 Å². The maximum Gasteiger partial charge on any atom is 0.327 e. The average molecular weight is 560 g/mol. The van der Waals surface area contributed by atoms with Crippen molar-refractivity contribution in [3.63, 3.8) is 0 Å². The van der Waals surface area contributed by atoms with Crippen LogP contribution in [0.2, 0.25) is 0 Å². The number of halogens is 3. The summed E-state index contributed by atoms with van der Waals surface area (Å²) >= 11 is 0. The summed E-state index contributed by atoms with van der Waals surface area (Å²) in [6.45, 7) is 5.88. The van der Waals surface area contributed by atoms with Gasteiger partial charge in [0.25, 0.3) is 0 Å². The van der Waals surface area contributed by atoms with Crippen LogP contribution in [0.25, 0.3) is 0 Å². The Bertz CT molecular complexity index is 1150. The van der Waals surface area contributed by atoms with Crippen molar-refractivity contribution in [2.75, 3.05) is 41.3 Å². The zero-order chi connectivity index (χ0) is 25.0. The van der Waals surface area contributed by atoms with Gasteiger partial charge in [-0.3, -0.25) is 9.80 Å². The molecule has 8 heteroatoms. The number of benzene rings is 3. The number of hydrogen-bond acceptors (Lipinski definition) is 3. The average Bonchev–Trinajstić information content (AvgIpc) is 2.91. The zero-order valence-electron chi connectivity index (χ0n) is 21.8. The number of carbonyl (C=O) groups excluding carboxylic acids is 1. The van der Waals surface area contributed by atoms with Crippen LogP contribution in [0.1, 0.15) is 32.6 Å². The summed E-state index contributed by atoms with van der Waals surface area (Å²) in [4.78, 5) is 20.9. The topological polar surface area (TPSA) is 38.8 Å². The highest BCUT2D eigenvalue weighted by Crippen LogP contribution is 2.42. The van der Waals surface area contributed by atoms with Crippen molar-refractivity contribution in [1.29, 1.82) is 0 Å². The quantitative estimate of drug-likeness (QED) is 0.353. The van der Waals surface area contributed by atoms with Crippen molar-refractivity contribution in [3.05, 3.63) is 90.7 Å². The maximum absolute atomic E-state index is 14.0. The number of carbonyl (C=O) groups is 1. The molecule has 1 aliphatic carbocycles. The standard InChI is InChI=1S/C30H35FN4O.2ClH/c1-24-15-17-30(18-16-24,34-21-19-33(20-22-34)27-11-4-2-5-12-27)35(28-13-6-3-7-14-28)29(36)32-26-10-8-9-25(31)23-26;;/h2-14,23-24H,15-22H2,1H3,(H,32,36);2*1H. The Kier molecular flexibility index (Phi) is 10.4. The molecule has 5 rings (SSSR count). The first-order valence-electron chi connectivity index (χ1n) is 13.0. The minimum absolute atomic E-state index is 0. The summed E-state index contributed by atoms with van der Waals surface area (Å²) in [7, 11) is 0. The largest absolute Gasteiger partial charge is 0.369 e. The smallest absolute Gasteiger partial charge is 0.327 e. The van der Waals surface area contributed by atoms with Crippen LogP contribution in [0.4, 0.5) is 26.2 Å². The lowest BCUT2D eigenvalue weighted by Gasteiger charge is -2.55. The molecule has 0 unspecified atom stereocenters. The highest BCUT2D eigenvalue weighted by Gasteiger charge is 2.48. The van der Waals surface area contributed by atoms with Crippen molar-refractivity contribution >= 4 is 47.9 Å². The molecule has 0 bridgehead atoms. The monoisotopic (exact) mass is 558 g/mol. The van der Waals surface area contributed by atoms with E-state index in [-0.39, 0.29) is 36.7 Å². The highest BCUT2D eigenvalue weighted by molar-refractivity contribution is 6.02. The van der Waals surface area contributed by atoms with Gasteiger partial charge in [-0.15, -0.1) is 24.8 Å². The summed E-state index contributed by atoms with van der Waals surface area (Å²) in [5.74, 6) is 0.268. The summed E-state index contributed by atoms with van der Waals surface area (Å²) in [5.41, 5.74) is 2.14. The van der Waals surface area contributed by atoms with Crippen LogP contribution in [0.3, 0.4) is 0 Å². The first-order chi connectivity index (χ1) is 17.5. The van der Waals surface area contributed by atoms with E-state index in [4.69, 9.17) is 0 Å². The molecule has 3 aromatic rings. The van der Waals surface area contributed by atoms with Crippen LogP contribution in [-0.2, 0) is 0 Å². The fourth-order valence-corrected chi connectivity index (χ4v) is 5.79. The van der Waals surface area contributed by atoms with E-state index in [0.717, 1.165) is 57.5 Å². The van der Waals surface area contributed by atoms with E-state index in [1.807, 2.05) is 41.3 Å². The van der Waals surface area contributed by atoms with Crippen LogP contribution in [-0.4, -0.2) is 42.8 Å². The fraction of sp³-hybridized carbons (Fsp3) is 0.367. The van der Waals surface area contributed by atoms with E-state index < -0.39 is 5.66 Å². The Morgan fingerprint density at radius 1 is 0.868 bits per heavy atom. The summed E-state index contributed by atoms with van der Waals surface area (Å²) in [6, 6.07) is 26.4. The minimum atomic E-state index is -0.436. The molecule has 3 aromatic carbocycles. The molecule has 1 aliphatic heterocycles. The number of hydrogen-bond donors (Lipinski definition) is 1. The predicted octanol–water partition coefficient (Wildman–Crippen LogP) is 7.44. The Hall–Kier alpha value is -2.80. The van der Waals surface area contributed by atoms with Gasteiger partial charge < -0.3 is 10.2 Å². The van der Waals surface area contributed by atoms with Gasteiger partial charge in [-0.2, -0.15) is 0 Å². The third kappa shape index (κ3) is 6.42. The lowest BCUT2D eigenvalue weighted by Crippen LogP contribution is -2.68. The van der Waals surface area contributed by atoms with Crippen molar-refractivity contribution in [2.45, 2.75) is 38.3 Å². The first-order valence-corrected chi connectivity index (χ1v) is 13.0. The van der Waals surface area contributed by atoms with Gasteiger partial charge in [-0.05, 0) is 74.1 Å². The van der Waals surface area contributed by atoms with Gasteiger partial charge in [0.15, 0.2) is 0 Å². The second-order valence-corrected chi connectivity index (χ2v) is 10.1. The number of anilines is 3. The maximum atomic E-state index is 14.0. The van der Waals surface area contributed by atoms with Crippen LogP contribution in [0, 0.1) is 11.7 Å². The second-order valence-electron chi connectivity index (χ2n) is 10.1. The third-order valence-corrected chi connectivity index (χ3v) is 7.77. The Morgan fingerprint density at radius 2 is 1.47 bits per heavy atom. The Morgan fingerprint density at radius 3 is 2.08 bits per heavy atom. The molecule has 0 aromatic heterocycles. The van der Waals surface area contributed by atoms with Crippen LogP contribution in [0.15, 0.2) is 84.9 Å². The molecule has 1 saturated carbocycles. The summed E-state index contributed by atoms with van der Waals surface area (Å²) < 4.78 is 13.9. The number of nitrogens with zero attached hydrogens (tertiary/aromatic N) is 3. The second kappa shape index (κ2) is 13.3. The van der Waals surface area contributed by atoms with Crippen LogP contribution >= 0.6 is 24.8 Å². The molecule has 1 heterocycles. The van der Waals surface area contributed by atoms with Crippen molar-refractivity contribution < 1.29 is 9.18 Å². The molecule has 2 aliphatic rings. The number of urea groups is 1. The van der Waals surface area contributed by atoms with Crippen LogP contribution in [0.5, 0.6) is 0 Å². The van der Waals surface area contributed by atoms with E-state index in [9.17, 15) is 9.18 Å². The van der Waals surface area contributed by atoms with Gasteiger partial charge >= 0.3 is 6.03 Å². The molecule has 0 spiro atoms. The van der Waals surface area contributed by atoms with Gasteiger partial charge in [0.1, 0.15) is 11.5 Å². The Labute approximate surface area is 237 Å². The van der Waals surface area contributed by atoms with Gasteiger partial charge in [-0.1, -0.05) is 49.4 Å². The first kappa shape index (κ1) is 29.8. The minimum Gasteiger partial charge on any atom is -0.369 e. The number of rotatable bonds is 5. The van der Waals surface area contributed by atoms with Gasteiger partial charge in [0, 0.05) is 43.2 Å². The van der Waals surface area contributed by atoms with Gasteiger partial charge in [0.2, 0.25) is 0 Å². The van der Waals surface area contributed by atoms with Crippen molar-refractivity contribution in [3.8, 4) is 0 Å². The number of nitrogens with one attached hydrogen (secondary N) is 1. The lowest BCUT2D eigenvalue weighted by atomic mass is 9.80. The number of para-hydroxylation sites is 2. The van der Waals surface area contributed by atoms with Crippen LogP contribution < -0.4 is 15.1 Å². The molecule has 1 saturated heterocycles. The van der Waals surface area contributed by atoms with E-state index in [2.05, 4.69) is 46.3 Å². The molecule has 2 fully saturated rings. The SMILES string of the molecule is CC1CCC(N2CCN(c3ccccc3)CC2)(N(C(=O)Nc2cccc(F)c2)c2ccccc2)CC1.Cl.Cl. The normalized spacial score (nSPS) is 21.5. The molecule has 2 amide bonds.